The Morgan fingerprint density at radius 1 is 1.31 bits per heavy atom. The summed E-state index contributed by atoms with van der Waals surface area (Å²) in [7, 11) is 1.10. The average molecular weight is 480 g/mol. The molecular formula is C17H23ClFN5O8. The van der Waals surface area contributed by atoms with Crippen LogP contribution in [0.3, 0.4) is 0 Å². The molecule has 0 saturated carbocycles. The molecular weight excluding hydrogens is 457 g/mol. The number of nitrogens with two attached hydrogens (primary N) is 1. The molecule has 13 nitrogen and oxygen atoms in total. The highest BCUT2D eigenvalue weighted by molar-refractivity contribution is 6.28. The fraction of sp³-hybridized carbons (Fsp3) is 0.588. The van der Waals surface area contributed by atoms with Crippen LogP contribution < -0.4 is 5.73 Å². The number of hydrogen-bond donors (Lipinski definition) is 5. The molecule has 6 N–H and O–H groups in total. The van der Waals surface area contributed by atoms with Crippen molar-refractivity contribution in [2.75, 3.05) is 26.1 Å². The van der Waals surface area contributed by atoms with Crippen molar-refractivity contribution in [3.8, 4) is 0 Å². The molecule has 2 heterocycles. The van der Waals surface area contributed by atoms with E-state index in [1.807, 2.05) is 0 Å². The second kappa shape index (κ2) is 10.8. The number of aliphatic carboxylic acids is 2. The third kappa shape index (κ3) is 5.21. The van der Waals surface area contributed by atoms with Crippen LogP contribution in [0, 0.1) is 0 Å². The Balaban J connectivity index is 2.23. The van der Waals surface area contributed by atoms with E-state index < -0.39 is 49.1 Å². The maximum absolute atomic E-state index is 15.1. The molecule has 0 aliphatic carbocycles. The monoisotopic (exact) mass is 479 g/mol. The molecule has 178 valence electrons. The molecule has 0 aromatic carbocycles. The molecule has 0 spiro atoms. The van der Waals surface area contributed by atoms with Gasteiger partial charge in [0.2, 0.25) is 11.6 Å². The van der Waals surface area contributed by atoms with Gasteiger partial charge in [-0.3, -0.25) is 4.57 Å². The van der Waals surface area contributed by atoms with E-state index in [1.54, 1.807) is 0 Å². The van der Waals surface area contributed by atoms with Gasteiger partial charge in [-0.05, 0) is 30.9 Å². The van der Waals surface area contributed by atoms with E-state index in [4.69, 9.17) is 31.9 Å². The third-order valence-corrected chi connectivity index (χ3v) is 4.94. The molecule has 2 rings (SSSR count). The summed E-state index contributed by atoms with van der Waals surface area (Å²) in [5, 5.41) is 38.0. The first-order valence-corrected chi connectivity index (χ1v) is 9.69. The third-order valence-electron chi connectivity index (χ3n) is 4.77. The van der Waals surface area contributed by atoms with Gasteiger partial charge in [-0.1, -0.05) is 0 Å². The van der Waals surface area contributed by atoms with Crippen LogP contribution in [0.2, 0.25) is 5.28 Å². The van der Waals surface area contributed by atoms with Gasteiger partial charge in [0.25, 0.3) is 5.60 Å². The van der Waals surface area contributed by atoms with E-state index in [0.717, 1.165) is 18.0 Å². The van der Waals surface area contributed by atoms with Gasteiger partial charge in [-0.25, -0.2) is 19.0 Å². The molecule has 3 atom stereocenters. The lowest BCUT2D eigenvalue weighted by molar-refractivity contribution is -0.194. The predicted octanol–water partition coefficient (Wildman–Crippen LogP) is -0.00690. The van der Waals surface area contributed by atoms with E-state index >= 15 is 4.39 Å². The molecule has 0 aliphatic heterocycles. The van der Waals surface area contributed by atoms with Crippen LogP contribution in [0.15, 0.2) is 6.33 Å². The smallest absolute Gasteiger partial charge is 0.347 e. The van der Waals surface area contributed by atoms with Crippen LogP contribution in [-0.2, 0) is 19.1 Å². The maximum atomic E-state index is 15.1. The Labute approximate surface area is 185 Å². The molecule has 2 aromatic rings. The zero-order valence-electron chi connectivity index (χ0n) is 16.9. The minimum Gasteiger partial charge on any atom is -0.479 e. The number of aromatic nitrogens is 4. The van der Waals surface area contributed by atoms with E-state index in [0.29, 0.717) is 0 Å². The second-order valence-electron chi connectivity index (χ2n) is 6.77. The highest BCUT2D eigenvalue weighted by Crippen LogP contribution is 2.27. The number of methoxy groups -OCH3 is 1. The van der Waals surface area contributed by atoms with Crippen LogP contribution in [-0.4, -0.2) is 90.0 Å². The minimum atomic E-state index is -2.67. The number of rotatable bonds is 13. The number of nitrogens with zero attached hydrogens (tertiary/aromatic N) is 4. The van der Waals surface area contributed by atoms with Crippen molar-refractivity contribution < 1.29 is 43.9 Å². The highest BCUT2D eigenvalue weighted by atomic mass is 35.5. The summed E-state index contributed by atoms with van der Waals surface area (Å²) < 4.78 is 26.1. The average Bonchev–Trinajstić information content (AvgIpc) is 3.15. The lowest BCUT2D eigenvalue weighted by Gasteiger charge is -2.30. The molecule has 0 aliphatic rings. The van der Waals surface area contributed by atoms with Crippen molar-refractivity contribution in [2.24, 2.45) is 0 Å². The van der Waals surface area contributed by atoms with Crippen molar-refractivity contribution >= 4 is 40.5 Å². The van der Waals surface area contributed by atoms with E-state index in [1.165, 1.54) is 0 Å². The fourth-order valence-corrected chi connectivity index (χ4v) is 3.12. The number of carboxylic acids is 2. The summed E-state index contributed by atoms with van der Waals surface area (Å²) in [6, 6.07) is 0. The minimum absolute atomic E-state index is 0.0317. The summed E-state index contributed by atoms with van der Waals surface area (Å²) in [4.78, 5) is 34.7. The van der Waals surface area contributed by atoms with Crippen LogP contribution >= 0.6 is 11.6 Å². The molecule has 0 fully saturated rings. The second-order valence-corrected chi connectivity index (χ2v) is 7.11. The number of aliphatic hydroxyl groups is 2. The molecule has 15 heteroatoms. The first-order valence-electron chi connectivity index (χ1n) is 9.31. The quantitative estimate of drug-likeness (QED) is 0.146. The van der Waals surface area contributed by atoms with Crippen molar-refractivity contribution in [2.45, 2.75) is 43.4 Å². The van der Waals surface area contributed by atoms with Gasteiger partial charge in [0.05, 0.1) is 12.9 Å². The molecule has 0 unspecified atom stereocenters. The van der Waals surface area contributed by atoms with Crippen LogP contribution in [0.1, 0.15) is 25.6 Å². The zero-order chi connectivity index (χ0) is 24.1. The number of imidazole rings is 1. The summed E-state index contributed by atoms with van der Waals surface area (Å²) in [6.07, 6.45) is -4.94. The summed E-state index contributed by atoms with van der Waals surface area (Å²) >= 11 is 5.74. The summed E-state index contributed by atoms with van der Waals surface area (Å²) in [5.74, 6) is -3.68. The number of anilines is 1. The number of fused-ring (bicyclic) bond motifs is 1. The van der Waals surface area contributed by atoms with Gasteiger partial charge in [-0.2, -0.15) is 9.97 Å². The standard InChI is InChI=1S/C17H23ClFN5O8/c1-31-8(6-32-17(14(27)28,15(29)30)4-2-3-5-25)10(26)11(19)24-7-21-9-12(20)22-16(18)23-13(9)24/h7-8,10-11,25-26H,2-6H2,1H3,(H,27,28)(H,29,30)(H2,20,22,23)/t8-,10-,11-/m1/s1. The van der Waals surface area contributed by atoms with Gasteiger partial charge in [0, 0.05) is 13.7 Å². The Bertz CT molecular complexity index is 946. The molecule has 2 aromatic heterocycles. The first kappa shape index (κ1) is 25.6. The van der Waals surface area contributed by atoms with Gasteiger partial charge >= 0.3 is 11.9 Å². The normalized spacial score (nSPS) is 14.9. The van der Waals surface area contributed by atoms with Crippen LogP contribution in [0.5, 0.6) is 0 Å². The number of hydrogen-bond acceptors (Lipinski definition) is 10. The molecule has 32 heavy (non-hydrogen) atoms. The number of unbranched alkanes of at least 4 members (excludes halogenated alkanes) is 1. The predicted molar refractivity (Wildman–Crippen MR) is 107 cm³/mol. The molecule has 0 radical (unpaired) electrons. The van der Waals surface area contributed by atoms with E-state index in [-0.39, 0.29) is 41.7 Å². The van der Waals surface area contributed by atoms with E-state index in [9.17, 15) is 24.9 Å². The van der Waals surface area contributed by atoms with Crippen molar-refractivity contribution in [3.05, 3.63) is 11.6 Å². The zero-order valence-corrected chi connectivity index (χ0v) is 17.6. The summed E-state index contributed by atoms with van der Waals surface area (Å²) in [5.41, 5.74) is 2.92. The van der Waals surface area contributed by atoms with Crippen LogP contribution in [0.4, 0.5) is 10.2 Å². The van der Waals surface area contributed by atoms with Crippen LogP contribution in [0.25, 0.3) is 11.2 Å². The Morgan fingerprint density at radius 2 is 1.97 bits per heavy atom. The largest absolute Gasteiger partial charge is 0.479 e. The van der Waals surface area contributed by atoms with Gasteiger partial charge in [-0.15, -0.1) is 0 Å². The number of carboxylic acid groups (broad SMARTS) is 2. The topological polar surface area (TPSA) is 203 Å². The number of carbonyl (C=O) groups is 2. The van der Waals surface area contributed by atoms with Gasteiger partial charge in [0.1, 0.15) is 17.7 Å². The number of alkyl halides is 1. The summed E-state index contributed by atoms with van der Waals surface area (Å²) in [6.45, 7) is -1.05. The number of aliphatic hydroxyl groups excluding tert-OH is 2. The molecule has 0 bridgehead atoms. The van der Waals surface area contributed by atoms with Crippen molar-refractivity contribution in [1.29, 1.82) is 0 Å². The fourth-order valence-electron chi connectivity index (χ4n) is 2.95. The maximum Gasteiger partial charge on any atom is 0.347 e. The first-order chi connectivity index (χ1) is 15.1. The van der Waals surface area contributed by atoms with Crippen molar-refractivity contribution in [3.63, 3.8) is 0 Å². The number of nitrogen functional groups attached to an aromatic ring is 1. The highest BCUT2D eigenvalue weighted by Gasteiger charge is 2.48. The lowest BCUT2D eigenvalue weighted by Crippen LogP contribution is -2.51. The number of ether oxygens (including phenoxy) is 2. The number of halogens is 2. The molecule has 0 amide bonds. The Hall–Kier alpha value is -2.65. The van der Waals surface area contributed by atoms with E-state index in [2.05, 4.69) is 15.0 Å². The van der Waals surface area contributed by atoms with Crippen molar-refractivity contribution in [1.82, 2.24) is 19.5 Å². The van der Waals surface area contributed by atoms with Gasteiger partial charge in [0.15, 0.2) is 11.5 Å². The lowest BCUT2D eigenvalue weighted by atomic mass is 9.96. The Kier molecular flexibility index (Phi) is 8.63. The molecule has 0 saturated heterocycles. The Morgan fingerprint density at radius 3 is 2.53 bits per heavy atom. The van der Waals surface area contributed by atoms with Gasteiger partial charge < -0.3 is 35.6 Å². The SMILES string of the molecule is CO[C@H](COC(CCCCO)(C(=O)O)C(=O)O)[C@@H](O)[C@H](F)n1cnc2c(N)nc(Cl)nc21.